The highest BCUT2D eigenvalue weighted by Crippen LogP contribution is 2.33. The Hall–Kier alpha value is -2.88. The summed E-state index contributed by atoms with van der Waals surface area (Å²) in [5.41, 5.74) is 8.05. The van der Waals surface area contributed by atoms with Gasteiger partial charge in [-0.3, -0.25) is 9.69 Å². The second kappa shape index (κ2) is 10.4. The summed E-state index contributed by atoms with van der Waals surface area (Å²) in [7, 11) is 1.62. The Morgan fingerprint density at radius 3 is 2.82 bits per heavy atom. The minimum Gasteiger partial charge on any atom is -0.495 e. The molecule has 1 fully saturated rings. The van der Waals surface area contributed by atoms with Gasteiger partial charge in [-0.05, 0) is 49.4 Å². The zero-order valence-corrected chi connectivity index (χ0v) is 19.3. The van der Waals surface area contributed by atoms with Crippen LogP contribution in [0.1, 0.15) is 25.7 Å². The van der Waals surface area contributed by atoms with Crippen LogP contribution in [-0.4, -0.2) is 69.8 Å². The average Bonchev–Trinajstić information content (AvgIpc) is 3.22. The Balaban J connectivity index is 1.47. The Kier molecular flexibility index (Phi) is 7.32. The molecule has 3 aromatic rings. The molecule has 0 aliphatic heterocycles. The van der Waals surface area contributed by atoms with E-state index in [0.29, 0.717) is 17.4 Å². The summed E-state index contributed by atoms with van der Waals surface area (Å²) in [6.45, 7) is 0.637. The van der Waals surface area contributed by atoms with Gasteiger partial charge in [-0.2, -0.15) is 0 Å². The summed E-state index contributed by atoms with van der Waals surface area (Å²) in [5, 5.41) is 14.2. The van der Waals surface area contributed by atoms with Crippen molar-refractivity contribution in [2.75, 3.05) is 32.1 Å². The first kappa shape index (κ1) is 23.3. The minimum atomic E-state index is -0.371. The summed E-state index contributed by atoms with van der Waals surface area (Å²) in [5.74, 6) is 1.03. The smallest absolute Gasteiger partial charge is 0.231 e. The molecule has 0 bridgehead atoms. The number of pyridine rings is 2. The van der Waals surface area contributed by atoms with Gasteiger partial charge in [0.05, 0.1) is 26.5 Å². The number of nitrogens with two attached hydrogens (primary N) is 1. The third-order valence-electron chi connectivity index (χ3n) is 6.16. The van der Waals surface area contributed by atoms with Crippen LogP contribution in [0.15, 0.2) is 30.6 Å². The maximum absolute atomic E-state index is 11.4. The largest absolute Gasteiger partial charge is 0.495 e. The molecule has 33 heavy (non-hydrogen) atoms. The van der Waals surface area contributed by atoms with Gasteiger partial charge in [0.2, 0.25) is 5.91 Å². The van der Waals surface area contributed by atoms with Gasteiger partial charge in [-0.1, -0.05) is 11.6 Å². The number of aliphatic hydroxyl groups is 1. The van der Waals surface area contributed by atoms with Crippen molar-refractivity contribution >= 4 is 34.4 Å². The minimum absolute atomic E-state index is 0.00982. The topological polar surface area (TPSA) is 129 Å². The van der Waals surface area contributed by atoms with Gasteiger partial charge < -0.3 is 25.9 Å². The number of aromatic amines is 1. The van der Waals surface area contributed by atoms with E-state index in [1.165, 1.54) is 0 Å². The fraction of sp³-hybridized carbons (Fsp3) is 0.435. The number of H-pyrrole nitrogens is 1. The molecule has 5 N–H and O–H groups in total. The van der Waals surface area contributed by atoms with Crippen molar-refractivity contribution in [2.24, 2.45) is 5.73 Å². The van der Waals surface area contributed by atoms with E-state index in [0.717, 1.165) is 53.7 Å². The fourth-order valence-electron chi connectivity index (χ4n) is 4.57. The first-order chi connectivity index (χ1) is 16.0. The van der Waals surface area contributed by atoms with Crippen molar-refractivity contribution in [1.82, 2.24) is 19.9 Å². The summed E-state index contributed by atoms with van der Waals surface area (Å²) < 4.78 is 5.32. The third kappa shape index (κ3) is 5.55. The number of primary amides is 1. The van der Waals surface area contributed by atoms with Crippen molar-refractivity contribution in [3.8, 4) is 16.9 Å². The molecule has 0 spiro atoms. The Morgan fingerprint density at radius 1 is 1.33 bits per heavy atom. The number of rotatable bonds is 9. The van der Waals surface area contributed by atoms with Gasteiger partial charge in [0, 0.05) is 35.8 Å². The van der Waals surface area contributed by atoms with Crippen LogP contribution < -0.4 is 15.8 Å². The molecule has 3 heterocycles. The van der Waals surface area contributed by atoms with Crippen LogP contribution in [0.2, 0.25) is 5.15 Å². The van der Waals surface area contributed by atoms with Crippen molar-refractivity contribution in [3.05, 3.63) is 35.7 Å². The molecule has 1 saturated carbocycles. The lowest BCUT2D eigenvalue weighted by Gasteiger charge is -2.36. The van der Waals surface area contributed by atoms with Crippen molar-refractivity contribution in [2.45, 2.75) is 37.8 Å². The maximum Gasteiger partial charge on any atom is 0.231 e. The van der Waals surface area contributed by atoms with E-state index in [1.54, 1.807) is 13.3 Å². The van der Waals surface area contributed by atoms with Gasteiger partial charge in [0.1, 0.15) is 22.4 Å². The molecular weight excluding hydrogens is 444 g/mol. The number of nitrogens with one attached hydrogen (secondary N) is 2. The molecule has 0 saturated heterocycles. The highest BCUT2D eigenvalue weighted by Gasteiger charge is 2.26. The average molecular weight is 473 g/mol. The first-order valence-electron chi connectivity index (χ1n) is 11.1. The van der Waals surface area contributed by atoms with Gasteiger partial charge in [0.15, 0.2) is 0 Å². The standard InChI is InChI=1S/C23H29ClN6O3/c1-33-17-10-18-19(12-27-23(18)26-11-17)14-8-20(24)29-22(9-14)28-15-2-4-16(5-3-15)30(6-7-31)13-21(25)32/h8-12,15-16,31H,2-7,13H2,1H3,(H2,25,32)(H,26,27)(H,28,29)/t15-,16-. The Labute approximate surface area is 197 Å². The van der Waals surface area contributed by atoms with Gasteiger partial charge in [-0.25, -0.2) is 9.97 Å². The van der Waals surface area contributed by atoms with E-state index in [1.807, 2.05) is 29.3 Å². The highest BCUT2D eigenvalue weighted by atomic mass is 35.5. The van der Waals surface area contributed by atoms with Crippen LogP contribution in [0.3, 0.4) is 0 Å². The van der Waals surface area contributed by atoms with Gasteiger partial charge in [-0.15, -0.1) is 0 Å². The fourth-order valence-corrected chi connectivity index (χ4v) is 4.78. The predicted octanol–water partition coefficient (Wildman–Crippen LogP) is 2.79. The van der Waals surface area contributed by atoms with E-state index < -0.39 is 0 Å². The highest BCUT2D eigenvalue weighted by molar-refractivity contribution is 6.29. The zero-order valence-electron chi connectivity index (χ0n) is 18.6. The van der Waals surface area contributed by atoms with Crippen LogP contribution in [0.4, 0.5) is 5.82 Å². The lowest BCUT2D eigenvalue weighted by molar-refractivity contribution is -0.120. The number of hydrogen-bond acceptors (Lipinski definition) is 7. The van der Waals surface area contributed by atoms with Crippen LogP contribution in [0, 0.1) is 0 Å². The second-order valence-electron chi connectivity index (χ2n) is 8.35. The molecule has 1 aliphatic rings. The number of ether oxygens (including phenoxy) is 1. The molecule has 176 valence electrons. The Morgan fingerprint density at radius 2 is 2.12 bits per heavy atom. The van der Waals surface area contributed by atoms with E-state index in [-0.39, 0.29) is 31.1 Å². The van der Waals surface area contributed by atoms with E-state index in [4.69, 9.17) is 22.1 Å². The number of hydrogen-bond donors (Lipinski definition) is 4. The quantitative estimate of drug-likeness (QED) is 0.352. The van der Waals surface area contributed by atoms with Gasteiger partial charge in [0.25, 0.3) is 0 Å². The lowest BCUT2D eigenvalue weighted by atomic mass is 9.90. The number of carbonyl (C=O) groups excluding carboxylic acids is 1. The number of anilines is 1. The normalized spacial score (nSPS) is 18.5. The molecule has 3 aromatic heterocycles. The van der Waals surface area contributed by atoms with Gasteiger partial charge >= 0.3 is 0 Å². The van der Waals surface area contributed by atoms with Crippen molar-refractivity contribution in [3.63, 3.8) is 0 Å². The number of carbonyl (C=O) groups is 1. The number of nitrogens with zero attached hydrogens (tertiary/aromatic N) is 3. The number of halogens is 1. The van der Waals surface area contributed by atoms with Crippen LogP contribution in [-0.2, 0) is 4.79 Å². The van der Waals surface area contributed by atoms with Crippen LogP contribution >= 0.6 is 11.6 Å². The molecule has 0 aromatic carbocycles. The summed E-state index contributed by atoms with van der Waals surface area (Å²) in [6, 6.07) is 6.25. The molecule has 0 radical (unpaired) electrons. The first-order valence-corrected chi connectivity index (χ1v) is 11.4. The maximum atomic E-state index is 11.4. The molecule has 1 aliphatic carbocycles. The van der Waals surface area contributed by atoms with E-state index >= 15 is 0 Å². The van der Waals surface area contributed by atoms with Crippen molar-refractivity contribution < 1.29 is 14.6 Å². The summed E-state index contributed by atoms with van der Waals surface area (Å²) >= 11 is 6.37. The second-order valence-corrected chi connectivity index (χ2v) is 8.73. The molecule has 0 unspecified atom stereocenters. The molecule has 9 nitrogen and oxygen atoms in total. The number of amides is 1. The monoisotopic (exact) mass is 472 g/mol. The summed E-state index contributed by atoms with van der Waals surface area (Å²) in [6.07, 6.45) is 7.24. The predicted molar refractivity (Wildman–Crippen MR) is 128 cm³/mol. The number of aliphatic hydroxyl groups excluding tert-OH is 1. The zero-order chi connectivity index (χ0) is 23.4. The van der Waals surface area contributed by atoms with Crippen LogP contribution in [0.5, 0.6) is 5.75 Å². The Bertz CT molecular complexity index is 1110. The van der Waals surface area contributed by atoms with E-state index in [2.05, 4.69) is 20.3 Å². The molecule has 10 heteroatoms. The number of fused-ring (bicyclic) bond motifs is 1. The van der Waals surface area contributed by atoms with Crippen molar-refractivity contribution in [1.29, 1.82) is 0 Å². The molecule has 1 amide bonds. The molecular formula is C23H29ClN6O3. The third-order valence-corrected chi connectivity index (χ3v) is 6.35. The molecule has 4 rings (SSSR count). The molecule has 0 atom stereocenters. The number of aromatic nitrogens is 3. The van der Waals surface area contributed by atoms with Crippen LogP contribution in [0.25, 0.3) is 22.2 Å². The van der Waals surface area contributed by atoms with E-state index in [9.17, 15) is 9.90 Å². The number of methoxy groups -OCH3 is 1. The SMILES string of the molecule is COc1cnc2[nH]cc(-c3cc(Cl)nc(N[C@H]4CC[C@H](N(CCO)CC(N)=O)CC4)c3)c2c1. The summed E-state index contributed by atoms with van der Waals surface area (Å²) in [4.78, 5) is 25.4. The lowest BCUT2D eigenvalue weighted by Crippen LogP contribution is -2.45.